The molecule has 1 fully saturated rings. The van der Waals surface area contributed by atoms with E-state index in [1.807, 2.05) is 10.9 Å². The minimum Gasteiger partial charge on any atom is -0.277 e. The quantitative estimate of drug-likeness (QED) is 0.764. The van der Waals surface area contributed by atoms with Crippen LogP contribution in [0.1, 0.15) is 18.4 Å². The van der Waals surface area contributed by atoms with Crippen molar-refractivity contribution in [1.82, 2.24) is 10.3 Å². The molecule has 0 saturated heterocycles. The number of benzene rings is 1. The van der Waals surface area contributed by atoms with E-state index in [1.54, 1.807) is 0 Å². The van der Waals surface area contributed by atoms with E-state index < -0.39 is 10.0 Å². The molecule has 94 valence electrons. The van der Waals surface area contributed by atoms with Gasteiger partial charge in [0.2, 0.25) is 5.91 Å². The molecule has 0 atom stereocenters. The number of nitriles is 1. The van der Waals surface area contributed by atoms with Gasteiger partial charge in [0.05, 0.1) is 16.5 Å². The second-order valence-electron chi connectivity index (χ2n) is 4.01. The van der Waals surface area contributed by atoms with Gasteiger partial charge in [-0.05, 0) is 31.0 Å². The fourth-order valence-electron chi connectivity index (χ4n) is 1.36. The van der Waals surface area contributed by atoms with E-state index in [0.717, 1.165) is 12.8 Å². The highest BCUT2D eigenvalue weighted by Crippen LogP contribution is 2.28. The minimum absolute atomic E-state index is 0.0577. The van der Waals surface area contributed by atoms with Gasteiger partial charge in [0.25, 0.3) is 10.0 Å². The van der Waals surface area contributed by atoms with Gasteiger partial charge < -0.3 is 0 Å². The van der Waals surface area contributed by atoms with E-state index >= 15 is 0 Å². The molecular weight excluding hydrogens is 254 g/mol. The Bertz CT molecular complexity index is 615. The second kappa shape index (κ2) is 4.76. The summed E-state index contributed by atoms with van der Waals surface area (Å²) in [4.78, 5) is 13.3. The average molecular weight is 265 g/mol. The molecule has 1 amide bonds. The Kier molecular flexibility index (Phi) is 3.32. The SMILES string of the molecule is N#Cc1cccc(S(=O)(=O)NNC(=O)C2CC2)c1. The smallest absolute Gasteiger partial charge is 0.257 e. The van der Waals surface area contributed by atoms with Crippen LogP contribution in [0.4, 0.5) is 0 Å². The Labute approximate surface area is 105 Å². The van der Waals surface area contributed by atoms with Crippen molar-refractivity contribution >= 4 is 15.9 Å². The lowest BCUT2D eigenvalue weighted by atomic mass is 10.2. The van der Waals surface area contributed by atoms with Gasteiger partial charge in [-0.3, -0.25) is 10.2 Å². The first-order chi connectivity index (χ1) is 8.53. The molecule has 1 saturated carbocycles. The predicted octanol–water partition coefficient (Wildman–Crippen LogP) is 0.278. The minimum atomic E-state index is -3.83. The van der Waals surface area contributed by atoms with Gasteiger partial charge in [-0.1, -0.05) is 6.07 Å². The Morgan fingerprint density at radius 3 is 2.72 bits per heavy atom. The average Bonchev–Trinajstić information content (AvgIpc) is 3.20. The highest BCUT2D eigenvalue weighted by atomic mass is 32.2. The molecule has 1 aliphatic carbocycles. The lowest BCUT2D eigenvalue weighted by Gasteiger charge is -2.07. The number of nitrogens with zero attached hydrogens (tertiary/aromatic N) is 1. The Morgan fingerprint density at radius 2 is 2.11 bits per heavy atom. The van der Waals surface area contributed by atoms with Gasteiger partial charge in [-0.15, -0.1) is 4.83 Å². The molecule has 0 aromatic heterocycles. The molecule has 0 aliphatic heterocycles. The molecule has 0 radical (unpaired) electrons. The van der Waals surface area contributed by atoms with Crippen molar-refractivity contribution in [2.75, 3.05) is 0 Å². The van der Waals surface area contributed by atoms with E-state index in [1.165, 1.54) is 24.3 Å². The van der Waals surface area contributed by atoms with Gasteiger partial charge >= 0.3 is 0 Å². The predicted molar refractivity (Wildman–Crippen MR) is 62.3 cm³/mol. The number of rotatable bonds is 4. The Morgan fingerprint density at radius 1 is 1.39 bits per heavy atom. The van der Waals surface area contributed by atoms with Crippen LogP contribution >= 0.6 is 0 Å². The standard InChI is InChI=1S/C11H11N3O3S/c12-7-8-2-1-3-10(6-8)18(16,17)14-13-11(15)9-4-5-9/h1-3,6,9,14H,4-5H2,(H,13,15). The summed E-state index contributed by atoms with van der Waals surface area (Å²) < 4.78 is 23.6. The third kappa shape index (κ3) is 2.85. The third-order valence-corrected chi connectivity index (χ3v) is 3.78. The summed E-state index contributed by atoms with van der Waals surface area (Å²) in [6, 6.07) is 7.42. The van der Waals surface area contributed by atoms with Gasteiger partial charge in [0.15, 0.2) is 0 Å². The number of hydrogen-bond donors (Lipinski definition) is 2. The zero-order valence-electron chi connectivity index (χ0n) is 9.38. The van der Waals surface area contributed by atoms with Gasteiger partial charge in [0.1, 0.15) is 0 Å². The Hall–Kier alpha value is -1.91. The molecule has 18 heavy (non-hydrogen) atoms. The Balaban J connectivity index is 2.09. The van der Waals surface area contributed by atoms with Crippen molar-refractivity contribution < 1.29 is 13.2 Å². The van der Waals surface area contributed by atoms with Crippen molar-refractivity contribution in [2.24, 2.45) is 5.92 Å². The first-order valence-electron chi connectivity index (χ1n) is 5.35. The summed E-state index contributed by atoms with van der Waals surface area (Å²) >= 11 is 0. The van der Waals surface area contributed by atoms with Crippen LogP contribution in [0.15, 0.2) is 29.2 Å². The molecule has 0 unspecified atom stereocenters. The van der Waals surface area contributed by atoms with E-state index in [0.29, 0.717) is 0 Å². The highest BCUT2D eigenvalue weighted by Gasteiger charge is 2.30. The van der Waals surface area contributed by atoms with Crippen molar-refractivity contribution in [3.8, 4) is 6.07 Å². The topological polar surface area (TPSA) is 99.1 Å². The number of carbonyl (C=O) groups is 1. The number of amides is 1. The fourth-order valence-corrected chi connectivity index (χ4v) is 2.25. The van der Waals surface area contributed by atoms with Gasteiger partial charge in [-0.2, -0.15) is 5.26 Å². The summed E-state index contributed by atoms with van der Waals surface area (Å²) in [7, 11) is -3.83. The number of carbonyl (C=O) groups excluding carboxylic acids is 1. The first kappa shape index (κ1) is 12.5. The molecule has 2 N–H and O–H groups in total. The molecule has 0 bridgehead atoms. The van der Waals surface area contributed by atoms with E-state index in [-0.39, 0.29) is 22.3 Å². The van der Waals surface area contributed by atoms with Crippen LogP contribution in [0.3, 0.4) is 0 Å². The van der Waals surface area contributed by atoms with Crippen LogP contribution in [0.2, 0.25) is 0 Å². The van der Waals surface area contributed by atoms with E-state index in [2.05, 4.69) is 5.43 Å². The van der Waals surface area contributed by atoms with Crippen molar-refractivity contribution in [3.63, 3.8) is 0 Å². The zero-order chi connectivity index (χ0) is 13.2. The number of sulfonamides is 1. The molecule has 1 aromatic carbocycles. The molecule has 0 spiro atoms. The molecule has 2 rings (SSSR count). The first-order valence-corrected chi connectivity index (χ1v) is 6.83. The number of hydrogen-bond acceptors (Lipinski definition) is 4. The third-order valence-electron chi connectivity index (χ3n) is 2.53. The van der Waals surface area contributed by atoms with Crippen LogP contribution in [-0.2, 0) is 14.8 Å². The summed E-state index contributed by atoms with van der Waals surface area (Å²) in [5.41, 5.74) is 2.40. The fraction of sp³-hybridized carbons (Fsp3) is 0.273. The van der Waals surface area contributed by atoms with Gasteiger partial charge in [0, 0.05) is 5.92 Å². The molecule has 1 aromatic rings. The van der Waals surface area contributed by atoms with Crippen LogP contribution < -0.4 is 10.3 Å². The maximum absolute atomic E-state index is 11.8. The summed E-state index contributed by atoms with van der Waals surface area (Å²) in [5, 5.41) is 8.69. The normalized spacial score (nSPS) is 14.8. The van der Waals surface area contributed by atoms with E-state index in [9.17, 15) is 13.2 Å². The van der Waals surface area contributed by atoms with Crippen molar-refractivity contribution in [3.05, 3.63) is 29.8 Å². The maximum atomic E-state index is 11.8. The molecule has 7 heteroatoms. The van der Waals surface area contributed by atoms with Crippen molar-refractivity contribution in [1.29, 1.82) is 5.26 Å². The summed E-state index contributed by atoms with van der Waals surface area (Å²) in [6.07, 6.45) is 1.58. The second-order valence-corrected chi connectivity index (χ2v) is 5.69. The molecule has 1 aliphatic rings. The molecule has 6 nitrogen and oxygen atoms in total. The van der Waals surface area contributed by atoms with Crippen LogP contribution in [0, 0.1) is 17.2 Å². The molecular formula is C11H11N3O3S. The number of hydrazine groups is 1. The summed E-state index contributed by atoms with van der Waals surface area (Å²) in [6.45, 7) is 0. The highest BCUT2D eigenvalue weighted by molar-refractivity contribution is 7.89. The van der Waals surface area contributed by atoms with Crippen LogP contribution in [0.25, 0.3) is 0 Å². The van der Waals surface area contributed by atoms with Crippen LogP contribution in [0.5, 0.6) is 0 Å². The van der Waals surface area contributed by atoms with Gasteiger partial charge in [-0.25, -0.2) is 8.42 Å². The van der Waals surface area contributed by atoms with E-state index in [4.69, 9.17) is 5.26 Å². The number of nitrogens with one attached hydrogen (secondary N) is 2. The molecule has 0 heterocycles. The maximum Gasteiger partial charge on any atom is 0.257 e. The van der Waals surface area contributed by atoms with Crippen molar-refractivity contribution in [2.45, 2.75) is 17.7 Å². The lowest BCUT2D eigenvalue weighted by Crippen LogP contribution is -2.42. The lowest BCUT2D eigenvalue weighted by molar-refractivity contribution is -0.122. The largest absolute Gasteiger partial charge is 0.277 e. The van der Waals surface area contributed by atoms with Crippen LogP contribution in [-0.4, -0.2) is 14.3 Å². The monoisotopic (exact) mass is 265 g/mol. The zero-order valence-corrected chi connectivity index (χ0v) is 10.2. The summed E-state index contributed by atoms with van der Waals surface area (Å²) in [5.74, 6) is -0.409.